The molecule has 5 rings (SSSR count). The lowest BCUT2D eigenvalue weighted by atomic mass is 10.1. The molecule has 4 aromatic rings. The number of benzene rings is 3. The number of anilines is 1. The van der Waals surface area contributed by atoms with Crippen molar-refractivity contribution in [2.24, 2.45) is 0 Å². The molecule has 1 fully saturated rings. The minimum Gasteiger partial charge on any atom is -0.491 e. The Kier molecular flexibility index (Phi) is 6.31. The molecule has 1 N–H and O–H groups in total. The van der Waals surface area contributed by atoms with Gasteiger partial charge in [-0.15, -0.1) is 0 Å². The fourth-order valence-corrected chi connectivity index (χ4v) is 4.93. The molecule has 0 saturated carbocycles. The highest BCUT2D eigenvalue weighted by atomic mass is 16.5. The maximum Gasteiger partial charge on any atom is 0.227 e. The van der Waals surface area contributed by atoms with Gasteiger partial charge in [-0.05, 0) is 62.2 Å². The average Bonchev–Trinajstić information content (AvgIpc) is 3.39. The molecule has 6 heteroatoms. The number of ether oxygens (including phenoxy) is 1. The summed E-state index contributed by atoms with van der Waals surface area (Å²) in [6, 6.07) is 22.0. The molecule has 0 bridgehead atoms. The number of imidazole rings is 1. The Morgan fingerprint density at radius 3 is 2.63 bits per heavy atom. The molecule has 0 spiro atoms. The maximum atomic E-state index is 13.0. The Labute approximate surface area is 205 Å². The molecule has 1 amide bonds. The molecular weight excluding hydrogens is 438 g/mol. The summed E-state index contributed by atoms with van der Waals surface area (Å²) in [5, 5.41) is 10.9. The van der Waals surface area contributed by atoms with E-state index < -0.39 is 6.10 Å². The molecular formula is C29H31N3O3. The number of aliphatic hydroxyl groups excluding tert-OH is 1. The minimum atomic E-state index is -0.725. The van der Waals surface area contributed by atoms with Gasteiger partial charge >= 0.3 is 0 Å². The van der Waals surface area contributed by atoms with Crippen LogP contribution in [0.1, 0.15) is 34.9 Å². The Hall–Kier alpha value is -3.64. The van der Waals surface area contributed by atoms with Crippen molar-refractivity contribution in [2.75, 3.05) is 18.1 Å². The first-order chi connectivity index (χ1) is 16.9. The molecule has 3 aromatic carbocycles. The zero-order chi connectivity index (χ0) is 24.5. The lowest BCUT2D eigenvalue weighted by Gasteiger charge is -2.19. The van der Waals surface area contributed by atoms with E-state index in [2.05, 4.69) is 10.6 Å². The first kappa shape index (κ1) is 23.1. The highest BCUT2D eigenvalue weighted by molar-refractivity contribution is 5.96. The second-order valence-corrected chi connectivity index (χ2v) is 9.55. The normalized spacial score (nSPS) is 16.7. The summed E-state index contributed by atoms with van der Waals surface area (Å²) in [4.78, 5) is 19.7. The lowest BCUT2D eigenvalue weighted by molar-refractivity contribution is -0.117. The predicted octanol–water partition coefficient (Wildman–Crippen LogP) is 4.92. The fourth-order valence-electron chi connectivity index (χ4n) is 4.93. The predicted molar refractivity (Wildman–Crippen MR) is 138 cm³/mol. The van der Waals surface area contributed by atoms with E-state index in [9.17, 15) is 9.90 Å². The summed E-state index contributed by atoms with van der Waals surface area (Å²) in [6.45, 7) is 7.17. The number of carbonyl (C=O) groups is 1. The van der Waals surface area contributed by atoms with Crippen LogP contribution in [0.3, 0.4) is 0 Å². The van der Waals surface area contributed by atoms with E-state index in [1.807, 2.05) is 86.3 Å². The summed E-state index contributed by atoms with van der Waals surface area (Å²) in [7, 11) is 0. The molecule has 2 unspecified atom stereocenters. The quantitative estimate of drug-likeness (QED) is 0.417. The molecule has 35 heavy (non-hydrogen) atoms. The number of para-hydroxylation sites is 2. The van der Waals surface area contributed by atoms with Crippen molar-refractivity contribution in [3.05, 3.63) is 89.2 Å². The molecule has 0 radical (unpaired) electrons. The Morgan fingerprint density at radius 2 is 1.83 bits per heavy atom. The number of fused-ring (bicyclic) bond motifs is 1. The summed E-state index contributed by atoms with van der Waals surface area (Å²) in [5.74, 6) is 1.65. The van der Waals surface area contributed by atoms with Crippen LogP contribution in [-0.4, -0.2) is 39.8 Å². The topological polar surface area (TPSA) is 67.6 Å². The second-order valence-electron chi connectivity index (χ2n) is 9.55. The first-order valence-electron chi connectivity index (χ1n) is 12.1. The smallest absolute Gasteiger partial charge is 0.227 e. The van der Waals surface area contributed by atoms with Crippen LogP contribution >= 0.6 is 0 Å². The molecule has 180 valence electrons. The molecule has 2 atom stereocenters. The number of aliphatic hydroxyl groups is 1. The Morgan fingerprint density at radius 1 is 1.03 bits per heavy atom. The van der Waals surface area contributed by atoms with Crippen LogP contribution in [0.25, 0.3) is 11.0 Å². The van der Waals surface area contributed by atoms with Crippen LogP contribution < -0.4 is 9.64 Å². The fraction of sp³-hybridized carbons (Fsp3) is 0.310. The highest BCUT2D eigenvalue weighted by Crippen LogP contribution is 2.33. The van der Waals surface area contributed by atoms with Gasteiger partial charge in [-0.1, -0.05) is 42.0 Å². The molecule has 6 nitrogen and oxygen atoms in total. The van der Waals surface area contributed by atoms with Gasteiger partial charge in [0.2, 0.25) is 5.91 Å². The van der Waals surface area contributed by atoms with E-state index in [4.69, 9.17) is 9.72 Å². The largest absolute Gasteiger partial charge is 0.491 e. The standard InChI is InChI=1S/C29H31N3O3/c1-19-7-6-8-23(14-19)31-16-22(15-28(31)34)29-30-25-9-4-5-10-26(25)32(29)17-24(33)18-35-27-12-11-20(2)13-21(27)3/h4-14,22,24,33H,15-18H2,1-3H3. The number of hydrogen-bond acceptors (Lipinski definition) is 4. The lowest BCUT2D eigenvalue weighted by Crippen LogP contribution is -2.26. The van der Waals surface area contributed by atoms with Crippen molar-refractivity contribution >= 4 is 22.6 Å². The third-order valence-corrected chi connectivity index (χ3v) is 6.64. The average molecular weight is 470 g/mol. The van der Waals surface area contributed by atoms with E-state index in [0.717, 1.165) is 39.4 Å². The minimum absolute atomic E-state index is 0.0529. The Balaban J connectivity index is 1.38. The van der Waals surface area contributed by atoms with E-state index in [0.29, 0.717) is 19.5 Å². The number of nitrogens with zero attached hydrogens (tertiary/aromatic N) is 3. The molecule has 1 aliphatic heterocycles. The van der Waals surface area contributed by atoms with E-state index in [-0.39, 0.29) is 18.4 Å². The van der Waals surface area contributed by atoms with Gasteiger partial charge in [0.25, 0.3) is 0 Å². The van der Waals surface area contributed by atoms with Gasteiger partial charge in [0.1, 0.15) is 24.3 Å². The highest BCUT2D eigenvalue weighted by Gasteiger charge is 2.35. The van der Waals surface area contributed by atoms with Crippen LogP contribution in [0.5, 0.6) is 5.75 Å². The number of rotatable bonds is 7. The van der Waals surface area contributed by atoms with Crippen LogP contribution in [0.15, 0.2) is 66.7 Å². The molecule has 1 aliphatic rings. The van der Waals surface area contributed by atoms with Crippen molar-refractivity contribution in [1.82, 2.24) is 9.55 Å². The summed E-state index contributed by atoms with van der Waals surface area (Å²) in [6.07, 6.45) is -0.330. The molecule has 1 saturated heterocycles. The summed E-state index contributed by atoms with van der Waals surface area (Å²) in [5.41, 5.74) is 6.09. The van der Waals surface area contributed by atoms with E-state index >= 15 is 0 Å². The number of amides is 1. The number of aromatic nitrogens is 2. The number of aryl methyl sites for hydroxylation is 3. The van der Waals surface area contributed by atoms with Crippen molar-refractivity contribution in [3.8, 4) is 5.75 Å². The molecule has 2 heterocycles. The third-order valence-electron chi connectivity index (χ3n) is 6.64. The van der Waals surface area contributed by atoms with Crippen molar-refractivity contribution < 1.29 is 14.6 Å². The summed E-state index contributed by atoms with van der Waals surface area (Å²) < 4.78 is 8.00. The van der Waals surface area contributed by atoms with Crippen LogP contribution in [0, 0.1) is 20.8 Å². The number of hydrogen-bond donors (Lipinski definition) is 1. The zero-order valence-electron chi connectivity index (χ0n) is 20.4. The molecule has 0 aliphatic carbocycles. The Bertz CT molecular complexity index is 1380. The van der Waals surface area contributed by atoms with Crippen LogP contribution in [0.2, 0.25) is 0 Å². The molecule has 1 aromatic heterocycles. The van der Waals surface area contributed by atoms with Gasteiger partial charge in [-0.25, -0.2) is 4.98 Å². The van der Waals surface area contributed by atoms with Gasteiger partial charge in [0, 0.05) is 24.6 Å². The van der Waals surface area contributed by atoms with Crippen molar-refractivity contribution in [2.45, 2.75) is 45.8 Å². The van der Waals surface area contributed by atoms with Crippen LogP contribution in [-0.2, 0) is 11.3 Å². The van der Waals surface area contributed by atoms with Crippen molar-refractivity contribution in [3.63, 3.8) is 0 Å². The first-order valence-corrected chi connectivity index (χ1v) is 12.1. The second kappa shape index (κ2) is 9.55. The van der Waals surface area contributed by atoms with Gasteiger partial charge < -0.3 is 19.3 Å². The van der Waals surface area contributed by atoms with E-state index in [1.54, 1.807) is 0 Å². The van der Waals surface area contributed by atoms with Gasteiger partial charge in [0.15, 0.2) is 0 Å². The zero-order valence-corrected chi connectivity index (χ0v) is 20.4. The summed E-state index contributed by atoms with van der Waals surface area (Å²) >= 11 is 0. The van der Waals surface area contributed by atoms with E-state index in [1.165, 1.54) is 5.56 Å². The van der Waals surface area contributed by atoms with Gasteiger partial charge in [-0.2, -0.15) is 0 Å². The van der Waals surface area contributed by atoms with Gasteiger partial charge in [0.05, 0.1) is 17.6 Å². The maximum absolute atomic E-state index is 13.0. The van der Waals surface area contributed by atoms with Crippen molar-refractivity contribution in [1.29, 1.82) is 0 Å². The monoisotopic (exact) mass is 469 g/mol. The van der Waals surface area contributed by atoms with Gasteiger partial charge in [-0.3, -0.25) is 4.79 Å². The number of carbonyl (C=O) groups excluding carboxylic acids is 1. The third kappa shape index (κ3) is 4.80. The SMILES string of the molecule is Cc1cccc(N2CC(c3nc4ccccc4n3CC(O)COc3ccc(C)cc3C)CC2=O)c1. The van der Waals surface area contributed by atoms with Crippen LogP contribution in [0.4, 0.5) is 5.69 Å².